The fourth-order valence-corrected chi connectivity index (χ4v) is 3.93. The zero-order valence-corrected chi connectivity index (χ0v) is 15.2. The van der Waals surface area contributed by atoms with Crippen LogP contribution in [-0.4, -0.2) is 29.0 Å². The minimum atomic E-state index is -0.402. The third-order valence-corrected chi connectivity index (χ3v) is 5.37. The Hall–Kier alpha value is -2.69. The smallest absolute Gasteiger partial charge is 0.172 e. The predicted molar refractivity (Wildman–Crippen MR) is 106 cm³/mol. The van der Waals surface area contributed by atoms with E-state index in [9.17, 15) is 0 Å². The van der Waals surface area contributed by atoms with Crippen LogP contribution in [0.25, 0.3) is 28.1 Å². The van der Waals surface area contributed by atoms with E-state index in [2.05, 4.69) is 59.6 Å². The van der Waals surface area contributed by atoms with Gasteiger partial charge in [0.05, 0.1) is 24.6 Å². The Morgan fingerprint density at radius 3 is 2.15 bits per heavy atom. The minimum Gasteiger partial charge on any atom is -0.347 e. The number of aromatic amines is 1. The highest BCUT2D eigenvalue weighted by atomic mass is 16.7. The van der Waals surface area contributed by atoms with Crippen LogP contribution < -0.4 is 0 Å². The quantitative estimate of drug-likeness (QED) is 0.712. The van der Waals surface area contributed by atoms with Crippen molar-refractivity contribution in [3.05, 3.63) is 72.6 Å². The molecule has 4 nitrogen and oxygen atoms in total. The highest BCUT2D eigenvalue weighted by Crippen LogP contribution is 2.39. The maximum atomic E-state index is 5.84. The van der Waals surface area contributed by atoms with Gasteiger partial charge < -0.3 is 14.5 Å². The van der Waals surface area contributed by atoms with Crippen LogP contribution in [0, 0.1) is 0 Å². The van der Waals surface area contributed by atoms with Crippen LogP contribution in [0.1, 0.15) is 25.1 Å². The van der Waals surface area contributed by atoms with E-state index in [1.807, 2.05) is 12.1 Å². The summed E-state index contributed by atoms with van der Waals surface area (Å²) >= 11 is 0. The number of nitrogens with zero attached hydrogens (tertiary/aromatic N) is 1. The summed E-state index contributed by atoms with van der Waals surface area (Å²) in [6.07, 6.45) is 4.78. The molecule has 2 aromatic carbocycles. The Kier molecular flexibility index (Phi) is 4.15. The molecule has 1 aromatic heterocycles. The molecule has 1 aliphatic heterocycles. The number of hydrogen-bond acceptors (Lipinski definition) is 3. The van der Waals surface area contributed by atoms with Gasteiger partial charge in [0.2, 0.25) is 0 Å². The van der Waals surface area contributed by atoms with Crippen molar-refractivity contribution in [2.45, 2.75) is 25.0 Å². The van der Waals surface area contributed by atoms with Crippen molar-refractivity contribution in [1.82, 2.24) is 9.97 Å². The molecule has 2 heterocycles. The van der Waals surface area contributed by atoms with Crippen LogP contribution in [0.15, 0.2) is 66.7 Å². The number of hydrogen-bond donors (Lipinski definition) is 1. The second-order valence-corrected chi connectivity index (χ2v) is 7.08. The number of H-pyrrole nitrogens is 1. The van der Waals surface area contributed by atoms with Gasteiger partial charge in [-0.3, -0.25) is 0 Å². The molecule has 27 heavy (non-hydrogen) atoms. The van der Waals surface area contributed by atoms with Gasteiger partial charge in [-0.25, -0.2) is 4.98 Å². The topological polar surface area (TPSA) is 47.1 Å². The second kappa shape index (κ2) is 6.80. The van der Waals surface area contributed by atoms with E-state index >= 15 is 0 Å². The lowest BCUT2D eigenvalue weighted by molar-refractivity contribution is -0.159. The van der Waals surface area contributed by atoms with Crippen molar-refractivity contribution in [2.24, 2.45) is 0 Å². The summed E-state index contributed by atoms with van der Waals surface area (Å²) < 4.78 is 11.7. The molecule has 1 aliphatic carbocycles. The first-order valence-corrected chi connectivity index (χ1v) is 9.51. The molecule has 1 N–H and O–H groups in total. The van der Waals surface area contributed by atoms with Gasteiger partial charge in [-0.15, -0.1) is 0 Å². The van der Waals surface area contributed by atoms with Gasteiger partial charge in [0.1, 0.15) is 5.82 Å². The Bertz CT molecular complexity index is 898. The van der Waals surface area contributed by atoms with Crippen LogP contribution in [-0.2, 0) is 9.47 Å². The van der Waals surface area contributed by atoms with Crippen molar-refractivity contribution < 1.29 is 9.47 Å². The zero-order chi connectivity index (χ0) is 18.1. The first-order valence-electron chi connectivity index (χ1n) is 9.51. The Morgan fingerprint density at radius 1 is 0.852 bits per heavy atom. The Labute approximate surface area is 158 Å². The van der Waals surface area contributed by atoms with Crippen molar-refractivity contribution in [3.63, 3.8) is 0 Å². The maximum absolute atomic E-state index is 5.84. The van der Waals surface area contributed by atoms with Crippen molar-refractivity contribution in [3.8, 4) is 22.5 Å². The van der Waals surface area contributed by atoms with Crippen LogP contribution in [0.2, 0.25) is 0 Å². The van der Waals surface area contributed by atoms with Gasteiger partial charge >= 0.3 is 0 Å². The van der Waals surface area contributed by atoms with Crippen molar-refractivity contribution in [1.29, 1.82) is 0 Å². The van der Waals surface area contributed by atoms with Crippen LogP contribution >= 0.6 is 0 Å². The van der Waals surface area contributed by atoms with Gasteiger partial charge in [-0.2, -0.15) is 0 Å². The van der Waals surface area contributed by atoms with E-state index in [1.54, 1.807) is 0 Å². The molecule has 0 amide bonds. The predicted octanol–water partition coefficient (Wildman–Crippen LogP) is 5.05. The van der Waals surface area contributed by atoms with E-state index in [0.717, 1.165) is 47.6 Å². The molecule has 136 valence electrons. The molecule has 1 spiro atoms. The summed E-state index contributed by atoms with van der Waals surface area (Å²) in [5, 5.41) is 0. The molecule has 0 unspecified atom stereocenters. The van der Waals surface area contributed by atoms with E-state index in [1.165, 1.54) is 5.57 Å². The summed E-state index contributed by atoms with van der Waals surface area (Å²) in [6.45, 7) is 1.39. The van der Waals surface area contributed by atoms with Gasteiger partial charge in [0.15, 0.2) is 5.79 Å². The van der Waals surface area contributed by atoms with E-state index in [4.69, 9.17) is 14.5 Å². The van der Waals surface area contributed by atoms with E-state index in [0.29, 0.717) is 13.2 Å². The van der Waals surface area contributed by atoms with Gasteiger partial charge in [-0.05, 0) is 12.0 Å². The molecule has 0 saturated carbocycles. The number of aromatic nitrogens is 2. The molecular formula is C23H22N2O2. The van der Waals surface area contributed by atoms with E-state index < -0.39 is 5.79 Å². The molecule has 0 bridgehead atoms. The molecule has 0 radical (unpaired) electrons. The highest BCUT2D eigenvalue weighted by Gasteiger charge is 2.38. The average molecular weight is 358 g/mol. The molecule has 1 saturated heterocycles. The van der Waals surface area contributed by atoms with Gasteiger partial charge in [0, 0.05) is 24.0 Å². The lowest BCUT2D eigenvalue weighted by Gasteiger charge is -2.30. The molecule has 5 rings (SSSR count). The minimum absolute atomic E-state index is 0.402. The van der Waals surface area contributed by atoms with Crippen LogP contribution in [0.3, 0.4) is 0 Å². The van der Waals surface area contributed by atoms with Gasteiger partial charge in [-0.1, -0.05) is 66.7 Å². The standard InChI is InChI=1S/C23H22N2O2/c1-3-7-17(8-4-1)20-21(18-9-5-2-6-10-18)25-22(24-20)19-11-13-23(14-12-19)26-15-16-27-23/h1-11H,12-16H2,(H,24,25). The number of benzene rings is 2. The van der Waals surface area contributed by atoms with Crippen molar-refractivity contribution >= 4 is 5.57 Å². The summed E-state index contributed by atoms with van der Waals surface area (Å²) in [5.41, 5.74) is 5.55. The normalized spacial score (nSPS) is 18.6. The van der Waals surface area contributed by atoms with E-state index in [-0.39, 0.29) is 0 Å². The number of imidazole rings is 1. The molecule has 2 aliphatic rings. The van der Waals surface area contributed by atoms with Crippen LogP contribution in [0.5, 0.6) is 0 Å². The second-order valence-electron chi connectivity index (χ2n) is 7.08. The lowest BCUT2D eigenvalue weighted by Crippen LogP contribution is -2.31. The Morgan fingerprint density at radius 2 is 1.52 bits per heavy atom. The van der Waals surface area contributed by atoms with Crippen molar-refractivity contribution in [2.75, 3.05) is 13.2 Å². The molecule has 4 heteroatoms. The fourth-order valence-electron chi connectivity index (χ4n) is 3.93. The monoisotopic (exact) mass is 358 g/mol. The lowest BCUT2D eigenvalue weighted by atomic mass is 9.93. The average Bonchev–Trinajstić information content (AvgIpc) is 3.38. The molecule has 3 aromatic rings. The third kappa shape index (κ3) is 3.11. The maximum Gasteiger partial charge on any atom is 0.172 e. The fraction of sp³-hybridized carbons (Fsp3) is 0.261. The molecule has 1 fully saturated rings. The number of allylic oxidation sites excluding steroid dienone is 1. The Balaban J connectivity index is 1.55. The largest absolute Gasteiger partial charge is 0.347 e. The van der Waals surface area contributed by atoms with Crippen LogP contribution in [0.4, 0.5) is 0 Å². The summed E-state index contributed by atoms with van der Waals surface area (Å²) in [6, 6.07) is 20.7. The number of nitrogens with one attached hydrogen (secondary N) is 1. The zero-order valence-electron chi connectivity index (χ0n) is 15.2. The summed E-state index contributed by atoms with van der Waals surface area (Å²) in [4.78, 5) is 8.57. The SMILES string of the molecule is C1=C(c2nc(-c3ccccc3)c(-c3ccccc3)[nH]2)CCC2(C1)OCCO2. The first kappa shape index (κ1) is 16.5. The van der Waals surface area contributed by atoms with Gasteiger partial charge in [0.25, 0.3) is 0 Å². The molecular weight excluding hydrogens is 336 g/mol. The summed E-state index contributed by atoms with van der Waals surface area (Å²) in [7, 11) is 0. The molecule has 0 atom stereocenters. The number of rotatable bonds is 3. The number of ether oxygens (including phenoxy) is 2. The summed E-state index contributed by atoms with van der Waals surface area (Å²) in [5.74, 6) is 0.543. The highest BCUT2D eigenvalue weighted by molar-refractivity contribution is 5.80. The third-order valence-electron chi connectivity index (χ3n) is 5.37. The first-order chi connectivity index (χ1) is 13.3.